The van der Waals surface area contributed by atoms with Gasteiger partial charge in [-0.2, -0.15) is 0 Å². The average Bonchev–Trinajstić information content (AvgIpc) is 2.82. The van der Waals surface area contributed by atoms with Crippen molar-refractivity contribution in [3.05, 3.63) is 83.4 Å². The van der Waals surface area contributed by atoms with E-state index in [1.807, 2.05) is 6.07 Å². The average molecular weight is 448 g/mol. The van der Waals surface area contributed by atoms with Crippen LogP contribution in [-0.4, -0.2) is 32.0 Å². The first-order valence-corrected chi connectivity index (χ1v) is 10.1. The Balaban J connectivity index is 1.70. The summed E-state index contributed by atoms with van der Waals surface area (Å²) in [5.41, 5.74) is 2.02. The van der Waals surface area contributed by atoms with Crippen LogP contribution in [0.5, 0.6) is 17.2 Å². The molecule has 0 heterocycles. The molecule has 0 atom stereocenters. The number of ether oxygens (including phenoxy) is 3. The Labute approximate surface area is 191 Å². The van der Waals surface area contributed by atoms with Gasteiger partial charge in [0.25, 0.3) is 11.8 Å². The fourth-order valence-electron chi connectivity index (χ4n) is 3.11. The highest BCUT2D eigenvalue weighted by molar-refractivity contribution is 6.05. The van der Waals surface area contributed by atoms with E-state index in [0.29, 0.717) is 28.3 Å². The Hall–Kier alpha value is -4.33. The molecule has 0 spiro atoms. The van der Waals surface area contributed by atoms with Crippen molar-refractivity contribution in [3.8, 4) is 17.2 Å². The number of anilines is 1. The van der Waals surface area contributed by atoms with Crippen molar-refractivity contribution >= 4 is 23.5 Å². The molecule has 3 rings (SSSR count). The van der Waals surface area contributed by atoms with Crippen LogP contribution in [0.3, 0.4) is 0 Å². The number of carbonyl (C=O) groups excluding carboxylic acids is 3. The molecule has 0 saturated heterocycles. The number of hydrogen-bond donors (Lipinski definition) is 2. The summed E-state index contributed by atoms with van der Waals surface area (Å²) in [4.78, 5) is 36.5. The van der Waals surface area contributed by atoms with Crippen molar-refractivity contribution in [3.63, 3.8) is 0 Å². The second kappa shape index (κ2) is 10.8. The minimum Gasteiger partial charge on any atom is -0.493 e. The maximum Gasteiger partial charge on any atom is 0.308 e. The maximum absolute atomic E-state index is 12.8. The monoisotopic (exact) mass is 448 g/mol. The number of esters is 1. The molecule has 3 aromatic rings. The predicted octanol–water partition coefficient (Wildman–Crippen LogP) is 3.81. The summed E-state index contributed by atoms with van der Waals surface area (Å²) < 4.78 is 15.5. The van der Waals surface area contributed by atoms with Gasteiger partial charge in [-0.05, 0) is 48.0 Å². The lowest BCUT2D eigenvalue weighted by atomic mass is 10.1. The second-order valence-electron chi connectivity index (χ2n) is 6.99. The van der Waals surface area contributed by atoms with Gasteiger partial charge in [0.2, 0.25) is 0 Å². The molecule has 0 bridgehead atoms. The number of rotatable bonds is 8. The van der Waals surface area contributed by atoms with E-state index < -0.39 is 5.97 Å². The first-order valence-electron chi connectivity index (χ1n) is 10.1. The van der Waals surface area contributed by atoms with Gasteiger partial charge in [0, 0.05) is 30.3 Å². The molecule has 2 amide bonds. The van der Waals surface area contributed by atoms with Crippen LogP contribution < -0.4 is 24.8 Å². The summed E-state index contributed by atoms with van der Waals surface area (Å²) in [7, 11) is 3.02. The van der Waals surface area contributed by atoms with E-state index in [1.54, 1.807) is 54.6 Å². The van der Waals surface area contributed by atoms with Gasteiger partial charge in [-0.1, -0.05) is 24.3 Å². The van der Waals surface area contributed by atoms with Gasteiger partial charge >= 0.3 is 5.97 Å². The Bertz CT molecular complexity index is 1180. The fourth-order valence-corrected chi connectivity index (χ4v) is 3.11. The highest BCUT2D eigenvalue weighted by Crippen LogP contribution is 2.28. The zero-order valence-electron chi connectivity index (χ0n) is 18.5. The van der Waals surface area contributed by atoms with Crippen LogP contribution in [0.2, 0.25) is 0 Å². The largest absolute Gasteiger partial charge is 0.493 e. The predicted molar refractivity (Wildman–Crippen MR) is 123 cm³/mol. The lowest BCUT2D eigenvalue weighted by Gasteiger charge is -2.13. The van der Waals surface area contributed by atoms with Gasteiger partial charge in [-0.3, -0.25) is 14.4 Å². The first kappa shape index (κ1) is 23.3. The Morgan fingerprint density at radius 2 is 1.52 bits per heavy atom. The van der Waals surface area contributed by atoms with Gasteiger partial charge in [0.1, 0.15) is 5.75 Å². The Morgan fingerprint density at radius 1 is 0.788 bits per heavy atom. The molecule has 0 fully saturated rings. The molecule has 0 saturated carbocycles. The zero-order chi connectivity index (χ0) is 23.8. The number of hydrogen-bond acceptors (Lipinski definition) is 6. The third kappa shape index (κ3) is 6.10. The molecule has 8 heteroatoms. The number of nitrogens with one attached hydrogen (secondary N) is 2. The van der Waals surface area contributed by atoms with Crippen LogP contribution in [-0.2, 0) is 11.3 Å². The lowest BCUT2D eigenvalue weighted by Crippen LogP contribution is -2.24. The molecule has 0 unspecified atom stereocenters. The molecule has 33 heavy (non-hydrogen) atoms. The van der Waals surface area contributed by atoms with E-state index in [-0.39, 0.29) is 24.1 Å². The van der Waals surface area contributed by atoms with Crippen molar-refractivity contribution < 1.29 is 28.6 Å². The van der Waals surface area contributed by atoms with E-state index in [1.165, 1.54) is 27.2 Å². The third-order valence-corrected chi connectivity index (χ3v) is 4.71. The second-order valence-corrected chi connectivity index (χ2v) is 6.99. The van der Waals surface area contributed by atoms with Gasteiger partial charge in [0.15, 0.2) is 11.5 Å². The molecule has 0 aliphatic heterocycles. The highest BCUT2D eigenvalue weighted by atomic mass is 16.5. The van der Waals surface area contributed by atoms with Gasteiger partial charge < -0.3 is 24.8 Å². The minimum absolute atomic E-state index is 0.180. The van der Waals surface area contributed by atoms with Crippen LogP contribution in [0.25, 0.3) is 0 Å². The maximum atomic E-state index is 12.8. The summed E-state index contributed by atoms with van der Waals surface area (Å²) in [5.74, 6) is 0.120. The smallest absolute Gasteiger partial charge is 0.308 e. The third-order valence-electron chi connectivity index (χ3n) is 4.71. The number of para-hydroxylation sites is 1. The topological polar surface area (TPSA) is 103 Å². The molecule has 8 nitrogen and oxygen atoms in total. The molecule has 2 N–H and O–H groups in total. The molecule has 3 aromatic carbocycles. The Kier molecular flexibility index (Phi) is 7.64. The van der Waals surface area contributed by atoms with E-state index in [4.69, 9.17) is 14.2 Å². The molecular formula is C25H24N2O6. The number of benzene rings is 3. The standard InChI is InChI=1S/C25H24N2O6/c1-16(28)33-20-9-6-8-17(13-20)24(29)26-15-19-7-4-5-10-21(19)27-25(30)18-11-12-22(31-2)23(14-18)32-3/h4-14H,15H2,1-3H3,(H,26,29)(H,27,30). The summed E-state index contributed by atoms with van der Waals surface area (Å²) in [6.07, 6.45) is 0. The van der Waals surface area contributed by atoms with Crippen molar-refractivity contribution in [2.24, 2.45) is 0 Å². The van der Waals surface area contributed by atoms with Crippen LogP contribution in [0.1, 0.15) is 33.2 Å². The van der Waals surface area contributed by atoms with E-state index in [0.717, 1.165) is 5.56 Å². The molecule has 170 valence electrons. The zero-order valence-corrected chi connectivity index (χ0v) is 18.5. The van der Waals surface area contributed by atoms with Crippen molar-refractivity contribution in [2.75, 3.05) is 19.5 Å². The molecule has 0 radical (unpaired) electrons. The highest BCUT2D eigenvalue weighted by Gasteiger charge is 2.14. The quantitative estimate of drug-likeness (QED) is 0.401. The van der Waals surface area contributed by atoms with Gasteiger partial charge in [-0.15, -0.1) is 0 Å². The van der Waals surface area contributed by atoms with E-state index >= 15 is 0 Å². The van der Waals surface area contributed by atoms with Crippen LogP contribution >= 0.6 is 0 Å². The van der Waals surface area contributed by atoms with Crippen LogP contribution in [0, 0.1) is 0 Å². The molecular weight excluding hydrogens is 424 g/mol. The normalized spacial score (nSPS) is 10.2. The van der Waals surface area contributed by atoms with Crippen molar-refractivity contribution in [1.29, 1.82) is 0 Å². The molecule has 0 aromatic heterocycles. The SMILES string of the molecule is COc1ccc(C(=O)Nc2ccccc2CNC(=O)c2cccc(OC(C)=O)c2)cc1OC. The number of methoxy groups -OCH3 is 2. The van der Waals surface area contributed by atoms with Gasteiger partial charge in [0.05, 0.1) is 14.2 Å². The van der Waals surface area contributed by atoms with Crippen LogP contribution in [0.4, 0.5) is 5.69 Å². The Morgan fingerprint density at radius 3 is 2.24 bits per heavy atom. The lowest BCUT2D eigenvalue weighted by molar-refractivity contribution is -0.131. The first-order chi connectivity index (χ1) is 15.9. The van der Waals surface area contributed by atoms with E-state index in [2.05, 4.69) is 10.6 Å². The summed E-state index contributed by atoms with van der Waals surface area (Å²) >= 11 is 0. The van der Waals surface area contributed by atoms with Crippen molar-refractivity contribution in [2.45, 2.75) is 13.5 Å². The number of amides is 2. The van der Waals surface area contributed by atoms with Gasteiger partial charge in [-0.25, -0.2) is 0 Å². The summed E-state index contributed by atoms with van der Waals surface area (Å²) in [6.45, 7) is 1.47. The minimum atomic E-state index is -0.466. The van der Waals surface area contributed by atoms with Crippen LogP contribution in [0.15, 0.2) is 66.7 Å². The molecule has 0 aliphatic carbocycles. The fraction of sp³-hybridized carbons (Fsp3) is 0.160. The van der Waals surface area contributed by atoms with Crippen molar-refractivity contribution in [1.82, 2.24) is 5.32 Å². The van der Waals surface area contributed by atoms with E-state index in [9.17, 15) is 14.4 Å². The summed E-state index contributed by atoms with van der Waals surface area (Å²) in [6, 6.07) is 18.4. The number of carbonyl (C=O) groups is 3. The molecule has 0 aliphatic rings. The summed E-state index contributed by atoms with van der Waals surface area (Å²) in [5, 5.41) is 5.68.